The summed E-state index contributed by atoms with van der Waals surface area (Å²) in [5.41, 5.74) is -0.271. The highest BCUT2D eigenvalue weighted by atomic mass is 32.2. The minimum absolute atomic E-state index is 0.0175. The molecular weight excluding hydrogens is 298 g/mol. The lowest BCUT2D eigenvalue weighted by Gasteiger charge is -2.22. The number of carboxylic acids is 1. The highest BCUT2D eigenvalue weighted by Crippen LogP contribution is 2.35. The van der Waals surface area contributed by atoms with Crippen molar-refractivity contribution in [2.45, 2.75) is 24.8 Å². The first-order valence-corrected chi connectivity index (χ1v) is 7.58. The molecule has 118 valence electrons. The molecule has 8 heteroatoms. The van der Waals surface area contributed by atoms with Crippen molar-refractivity contribution in [3.63, 3.8) is 0 Å². The van der Waals surface area contributed by atoms with E-state index in [9.17, 15) is 18.3 Å². The summed E-state index contributed by atoms with van der Waals surface area (Å²) in [6.07, 6.45) is 0. The van der Waals surface area contributed by atoms with Crippen molar-refractivity contribution < 1.29 is 27.8 Å². The predicted molar refractivity (Wildman–Crippen MR) is 76.6 cm³/mol. The molecule has 0 heterocycles. The molecule has 0 aliphatic rings. The van der Waals surface area contributed by atoms with Gasteiger partial charge in [-0.3, -0.25) is 0 Å². The van der Waals surface area contributed by atoms with E-state index < -0.39 is 16.0 Å². The highest BCUT2D eigenvalue weighted by Gasteiger charge is 2.27. The van der Waals surface area contributed by atoms with Gasteiger partial charge in [0.25, 0.3) is 0 Å². The number of carboxylic acid groups (broad SMARTS) is 1. The van der Waals surface area contributed by atoms with Crippen LogP contribution in [0.25, 0.3) is 0 Å². The summed E-state index contributed by atoms with van der Waals surface area (Å²) in [4.78, 5) is 11.1. The van der Waals surface area contributed by atoms with Crippen LogP contribution in [0.15, 0.2) is 17.0 Å². The lowest BCUT2D eigenvalue weighted by molar-refractivity contribution is 0.0692. The van der Waals surface area contributed by atoms with Crippen molar-refractivity contribution in [3.8, 4) is 11.5 Å². The second-order valence-electron chi connectivity index (χ2n) is 4.63. The van der Waals surface area contributed by atoms with Crippen LogP contribution < -0.4 is 9.47 Å². The number of hydrogen-bond donors (Lipinski definition) is 1. The molecule has 1 aromatic carbocycles. The Bertz CT molecular complexity index is 638. The minimum Gasteiger partial charge on any atom is -0.493 e. The lowest BCUT2D eigenvalue weighted by atomic mass is 10.2. The second-order valence-corrected chi connectivity index (χ2v) is 6.62. The Hall–Kier alpha value is -1.80. The van der Waals surface area contributed by atoms with Gasteiger partial charge in [-0.2, -0.15) is 4.31 Å². The number of hydrogen-bond acceptors (Lipinski definition) is 5. The Kier molecular flexibility index (Phi) is 5.19. The Morgan fingerprint density at radius 1 is 1.24 bits per heavy atom. The standard InChI is InChI=1S/C13H19NO6S/c1-8(2)14(3)21(17,18)9-6-10(13(15)16)12(20-5)11(7-9)19-4/h6-8H,1-5H3,(H,15,16). The van der Waals surface area contributed by atoms with E-state index in [1.165, 1.54) is 27.3 Å². The molecule has 0 atom stereocenters. The number of rotatable bonds is 6. The quantitative estimate of drug-likeness (QED) is 0.853. The van der Waals surface area contributed by atoms with Crippen LogP contribution >= 0.6 is 0 Å². The van der Waals surface area contributed by atoms with Crippen LogP contribution in [0, 0.1) is 0 Å². The molecule has 0 fully saturated rings. The van der Waals surface area contributed by atoms with Crippen molar-refractivity contribution in [2.75, 3.05) is 21.3 Å². The summed E-state index contributed by atoms with van der Waals surface area (Å²) < 4.78 is 36.1. The van der Waals surface area contributed by atoms with Crippen LogP contribution in [0.4, 0.5) is 0 Å². The topological polar surface area (TPSA) is 93.1 Å². The van der Waals surface area contributed by atoms with Crippen LogP contribution in [0.5, 0.6) is 11.5 Å². The monoisotopic (exact) mass is 317 g/mol. The zero-order chi connectivity index (χ0) is 16.4. The molecule has 0 bridgehead atoms. The summed E-state index contributed by atoms with van der Waals surface area (Å²) in [5.74, 6) is -1.27. The molecule has 0 saturated carbocycles. The first-order valence-electron chi connectivity index (χ1n) is 6.14. The maximum Gasteiger partial charge on any atom is 0.339 e. The summed E-state index contributed by atoms with van der Waals surface area (Å²) >= 11 is 0. The van der Waals surface area contributed by atoms with Gasteiger partial charge in [0.15, 0.2) is 11.5 Å². The molecule has 0 aliphatic carbocycles. The maximum absolute atomic E-state index is 12.5. The number of methoxy groups -OCH3 is 2. The number of sulfonamides is 1. The van der Waals surface area contributed by atoms with Crippen molar-refractivity contribution in [2.24, 2.45) is 0 Å². The molecule has 0 aliphatic heterocycles. The van der Waals surface area contributed by atoms with E-state index in [0.29, 0.717) is 0 Å². The smallest absolute Gasteiger partial charge is 0.339 e. The summed E-state index contributed by atoms with van der Waals surface area (Å²) in [7, 11) is 0.212. The molecule has 7 nitrogen and oxygen atoms in total. The third-order valence-corrected chi connectivity index (χ3v) is 5.10. The number of carbonyl (C=O) groups is 1. The van der Waals surface area contributed by atoms with E-state index in [2.05, 4.69) is 0 Å². The fourth-order valence-electron chi connectivity index (χ4n) is 1.69. The number of nitrogens with zero attached hydrogens (tertiary/aromatic N) is 1. The molecular formula is C13H19NO6S. The SMILES string of the molecule is COc1cc(S(=O)(=O)N(C)C(C)C)cc(C(=O)O)c1OC. The third-order valence-electron chi connectivity index (χ3n) is 3.09. The zero-order valence-electron chi connectivity index (χ0n) is 12.6. The van der Waals surface area contributed by atoms with Gasteiger partial charge in [0, 0.05) is 19.2 Å². The Morgan fingerprint density at radius 3 is 2.19 bits per heavy atom. The number of ether oxygens (including phenoxy) is 2. The molecule has 0 unspecified atom stereocenters. The van der Waals surface area contributed by atoms with E-state index in [-0.39, 0.29) is 28.0 Å². The van der Waals surface area contributed by atoms with Crippen molar-refractivity contribution >= 4 is 16.0 Å². The molecule has 21 heavy (non-hydrogen) atoms. The van der Waals surface area contributed by atoms with Gasteiger partial charge in [0.05, 0.1) is 19.1 Å². The first-order chi connectivity index (χ1) is 9.66. The van der Waals surface area contributed by atoms with Crippen molar-refractivity contribution in [1.29, 1.82) is 0 Å². The number of aromatic carboxylic acids is 1. The van der Waals surface area contributed by atoms with Gasteiger partial charge in [-0.15, -0.1) is 0 Å². The van der Waals surface area contributed by atoms with Crippen LogP contribution in [-0.4, -0.2) is 51.1 Å². The Balaban J connectivity index is 3.60. The van der Waals surface area contributed by atoms with Gasteiger partial charge in [0.1, 0.15) is 5.56 Å². The van der Waals surface area contributed by atoms with Crippen LogP contribution in [0.3, 0.4) is 0 Å². The van der Waals surface area contributed by atoms with E-state index in [1.807, 2.05) is 0 Å². The van der Waals surface area contributed by atoms with Crippen LogP contribution in [0.2, 0.25) is 0 Å². The zero-order valence-corrected chi connectivity index (χ0v) is 13.4. The summed E-state index contributed by atoms with van der Waals surface area (Å²) in [6, 6.07) is 2.05. The molecule has 0 radical (unpaired) electrons. The minimum atomic E-state index is -3.82. The van der Waals surface area contributed by atoms with Gasteiger partial charge in [0.2, 0.25) is 10.0 Å². The molecule has 1 N–H and O–H groups in total. The third kappa shape index (κ3) is 3.27. The van der Waals surface area contributed by atoms with E-state index in [0.717, 1.165) is 10.4 Å². The lowest BCUT2D eigenvalue weighted by Crippen LogP contribution is -2.33. The van der Waals surface area contributed by atoms with Crippen LogP contribution in [-0.2, 0) is 10.0 Å². The van der Waals surface area contributed by atoms with Crippen molar-refractivity contribution in [1.82, 2.24) is 4.31 Å². The molecule has 0 amide bonds. The number of benzene rings is 1. The first kappa shape index (κ1) is 17.3. The average Bonchev–Trinajstić information content (AvgIpc) is 2.44. The predicted octanol–water partition coefficient (Wildman–Crippen LogP) is 1.43. The fraction of sp³-hybridized carbons (Fsp3) is 0.462. The largest absolute Gasteiger partial charge is 0.493 e. The van der Waals surface area contributed by atoms with Gasteiger partial charge < -0.3 is 14.6 Å². The van der Waals surface area contributed by atoms with Gasteiger partial charge in [-0.25, -0.2) is 13.2 Å². The molecule has 0 saturated heterocycles. The van der Waals surface area contributed by atoms with Crippen LogP contribution in [0.1, 0.15) is 24.2 Å². The van der Waals surface area contributed by atoms with E-state index in [1.54, 1.807) is 13.8 Å². The average molecular weight is 317 g/mol. The highest BCUT2D eigenvalue weighted by molar-refractivity contribution is 7.89. The van der Waals surface area contributed by atoms with Gasteiger partial charge >= 0.3 is 5.97 Å². The molecule has 0 aromatic heterocycles. The Morgan fingerprint density at radius 2 is 1.81 bits per heavy atom. The van der Waals surface area contributed by atoms with E-state index in [4.69, 9.17) is 9.47 Å². The second kappa shape index (κ2) is 6.31. The summed E-state index contributed by atoms with van der Waals surface area (Å²) in [6.45, 7) is 3.44. The maximum atomic E-state index is 12.5. The van der Waals surface area contributed by atoms with Gasteiger partial charge in [-0.1, -0.05) is 0 Å². The summed E-state index contributed by atoms with van der Waals surface area (Å²) in [5, 5.41) is 9.21. The molecule has 1 rings (SSSR count). The fourth-order valence-corrected chi connectivity index (χ4v) is 3.10. The van der Waals surface area contributed by atoms with Gasteiger partial charge in [-0.05, 0) is 19.9 Å². The normalized spacial score (nSPS) is 11.8. The van der Waals surface area contributed by atoms with Crippen molar-refractivity contribution in [3.05, 3.63) is 17.7 Å². The Labute approximate surface area is 124 Å². The van der Waals surface area contributed by atoms with E-state index >= 15 is 0 Å². The molecule has 1 aromatic rings. The molecule has 0 spiro atoms.